The van der Waals surface area contributed by atoms with Crippen molar-refractivity contribution in [1.82, 2.24) is 0 Å². The molecule has 0 aliphatic carbocycles. The van der Waals surface area contributed by atoms with E-state index in [0.717, 1.165) is 0 Å². The van der Waals surface area contributed by atoms with Gasteiger partial charge in [-0.15, -0.1) is 0 Å². The van der Waals surface area contributed by atoms with Crippen molar-refractivity contribution in [2.24, 2.45) is 5.41 Å². The maximum absolute atomic E-state index is 11.1. The van der Waals surface area contributed by atoms with Crippen molar-refractivity contribution in [2.45, 2.75) is 33.3 Å². The second-order valence-corrected chi connectivity index (χ2v) is 3.81. The molecule has 2 N–H and O–H groups in total. The third-order valence-electron chi connectivity index (χ3n) is 1.94. The van der Waals surface area contributed by atoms with Gasteiger partial charge in [0.1, 0.15) is 6.10 Å². The average molecular weight is 200 g/mol. The summed E-state index contributed by atoms with van der Waals surface area (Å²) in [6, 6.07) is 0. The Morgan fingerprint density at radius 3 is 2.29 bits per heavy atom. The fourth-order valence-electron chi connectivity index (χ4n) is 0.947. The van der Waals surface area contributed by atoms with E-state index in [1.54, 1.807) is 6.92 Å². The molecule has 0 saturated carbocycles. The molecular formula is C10H16O4. The summed E-state index contributed by atoms with van der Waals surface area (Å²) in [7, 11) is 0. The lowest BCUT2D eigenvalue weighted by Gasteiger charge is -2.21. The predicted octanol–water partition coefficient (Wildman–Crippen LogP) is 0.993. The predicted molar refractivity (Wildman–Crippen MR) is 51.9 cm³/mol. The molecule has 0 aromatic carbocycles. The summed E-state index contributed by atoms with van der Waals surface area (Å²) in [4.78, 5) is 21.8. The molecule has 0 rings (SSSR count). The quantitative estimate of drug-likeness (QED) is 0.649. The van der Waals surface area contributed by atoms with Gasteiger partial charge in [0.05, 0.1) is 5.41 Å². The molecule has 0 amide bonds. The van der Waals surface area contributed by atoms with Crippen molar-refractivity contribution in [2.75, 3.05) is 0 Å². The summed E-state index contributed by atoms with van der Waals surface area (Å²) < 4.78 is 0. The number of hydrogen-bond acceptors (Lipinski definition) is 3. The van der Waals surface area contributed by atoms with Gasteiger partial charge in [-0.25, -0.2) is 0 Å². The van der Waals surface area contributed by atoms with E-state index in [0.29, 0.717) is 0 Å². The molecule has 0 bridgehead atoms. The molecule has 0 aromatic rings. The standard InChI is InChI=1S/C10H16O4/c1-4-5-7(11)8(12)6-10(2,3)9(13)14/h4-5,8,12H,6H2,1-3H3,(H,13,14). The SMILES string of the molecule is CC=CC(=O)C(O)CC(C)(C)C(=O)O. The first-order valence-corrected chi connectivity index (χ1v) is 4.39. The van der Waals surface area contributed by atoms with Crippen LogP contribution in [0, 0.1) is 5.41 Å². The van der Waals surface area contributed by atoms with Crippen molar-refractivity contribution in [1.29, 1.82) is 0 Å². The Kier molecular flexibility index (Phi) is 4.50. The number of hydrogen-bond donors (Lipinski definition) is 2. The molecule has 0 saturated heterocycles. The van der Waals surface area contributed by atoms with E-state index in [4.69, 9.17) is 5.11 Å². The fourth-order valence-corrected chi connectivity index (χ4v) is 0.947. The summed E-state index contributed by atoms with van der Waals surface area (Å²) in [6.45, 7) is 4.61. The smallest absolute Gasteiger partial charge is 0.309 e. The topological polar surface area (TPSA) is 74.6 Å². The molecule has 0 fully saturated rings. The largest absolute Gasteiger partial charge is 0.481 e. The number of aliphatic hydroxyl groups is 1. The van der Waals surface area contributed by atoms with E-state index in [-0.39, 0.29) is 6.42 Å². The van der Waals surface area contributed by atoms with Crippen LogP contribution in [0.3, 0.4) is 0 Å². The summed E-state index contributed by atoms with van der Waals surface area (Å²) >= 11 is 0. The van der Waals surface area contributed by atoms with E-state index >= 15 is 0 Å². The van der Waals surface area contributed by atoms with Crippen molar-refractivity contribution in [3.05, 3.63) is 12.2 Å². The molecule has 4 nitrogen and oxygen atoms in total. The molecule has 0 aliphatic rings. The van der Waals surface area contributed by atoms with Gasteiger partial charge in [0, 0.05) is 0 Å². The minimum atomic E-state index is -1.24. The minimum Gasteiger partial charge on any atom is -0.481 e. The van der Waals surface area contributed by atoms with Crippen LogP contribution < -0.4 is 0 Å². The lowest BCUT2D eigenvalue weighted by molar-refractivity contribution is -0.149. The number of aliphatic hydroxyl groups excluding tert-OH is 1. The molecule has 0 radical (unpaired) electrons. The number of aliphatic carboxylic acids is 1. The number of rotatable bonds is 5. The lowest BCUT2D eigenvalue weighted by atomic mass is 9.86. The second kappa shape index (κ2) is 4.91. The third-order valence-corrected chi connectivity index (χ3v) is 1.94. The number of carbonyl (C=O) groups is 2. The summed E-state index contributed by atoms with van der Waals surface area (Å²) in [5, 5.41) is 18.1. The number of carbonyl (C=O) groups excluding carboxylic acids is 1. The first-order chi connectivity index (χ1) is 6.31. The van der Waals surface area contributed by atoms with Gasteiger partial charge in [-0.05, 0) is 33.3 Å². The summed E-state index contributed by atoms with van der Waals surface area (Å²) in [5.41, 5.74) is -1.09. The van der Waals surface area contributed by atoms with Crippen LogP contribution in [0.15, 0.2) is 12.2 Å². The van der Waals surface area contributed by atoms with Crippen molar-refractivity contribution in [3.63, 3.8) is 0 Å². The molecular weight excluding hydrogens is 184 g/mol. The Morgan fingerprint density at radius 2 is 1.93 bits per heavy atom. The van der Waals surface area contributed by atoms with Crippen LogP contribution in [0.2, 0.25) is 0 Å². The van der Waals surface area contributed by atoms with E-state index in [9.17, 15) is 14.7 Å². The van der Waals surface area contributed by atoms with Crippen LogP contribution in [0.5, 0.6) is 0 Å². The van der Waals surface area contributed by atoms with Crippen LogP contribution in [0.25, 0.3) is 0 Å². The van der Waals surface area contributed by atoms with Gasteiger partial charge < -0.3 is 10.2 Å². The Balaban J connectivity index is 4.39. The highest BCUT2D eigenvalue weighted by molar-refractivity contribution is 5.93. The number of allylic oxidation sites excluding steroid dienone is 1. The summed E-state index contributed by atoms with van der Waals surface area (Å²) in [6.07, 6.45) is 1.44. The maximum atomic E-state index is 11.1. The van der Waals surface area contributed by atoms with E-state index in [1.807, 2.05) is 0 Å². The molecule has 1 unspecified atom stereocenters. The molecule has 0 aliphatic heterocycles. The van der Waals surface area contributed by atoms with Crippen LogP contribution >= 0.6 is 0 Å². The lowest BCUT2D eigenvalue weighted by Crippen LogP contribution is -2.32. The molecule has 0 heterocycles. The highest BCUT2D eigenvalue weighted by atomic mass is 16.4. The van der Waals surface area contributed by atoms with Gasteiger partial charge in [0.2, 0.25) is 0 Å². The molecule has 0 aromatic heterocycles. The highest BCUT2D eigenvalue weighted by Crippen LogP contribution is 2.22. The molecule has 4 heteroatoms. The zero-order valence-electron chi connectivity index (χ0n) is 8.65. The maximum Gasteiger partial charge on any atom is 0.309 e. The number of carboxylic acid groups (broad SMARTS) is 1. The number of ketones is 1. The van der Waals surface area contributed by atoms with Gasteiger partial charge in [-0.2, -0.15) is 0 Å². The van der Waals surface area contributed by atoms with Gasteiger partial charge in [0.25, 0.3) is 0 Å². The zero-order chi connectivity index (χ0) is 11.4. The third kappa shape index (κ3) is 3.70. The van der Waals surface area contributed by atoms with Gasteiger partial charge in [-0.3, -0.25) is 9.59 Å². The van der Waals surface area contributed by atoms with Crippen molar-refractivity contribution >= 4 is 11.8 Å². The monoisotopic (exact) mass is 200 g/mol. The summed E-state index contributed by atoms with van der Waals surface area (Å²) in [5.74, 6) is -1.48. The van der Waals surface area contributed by atoms with Crippen LogP contribution in [-0.4, -0.2) is 28.1 Å². The highest BCUT2D eigenvalue weighted by Gasteiger charge is 2.31. The number of carboxylic acids is 1. The van der Waals surface area contributed by atoms with Crippen LogP contribution in [0.4, 0.5) is 0 Å². The van der Waals surface area contributed by atoms with Gasteiger partial charge >= 0.3 is 5.97 Å². The fraction of sp³-hybridized carbons (Fsp3) is 0.600. The zero-order valence-corrected chi connectivity index (χ0v) is 8.65. The Morgan fingerprint density at radius 1 is 1.43 bits per heavy atom. The van der Waals surface area contributed by atoms with E-state index < -0.39 is 23.3 Å². The first kappa shape index (κ1) is 12.8. The normalized spacial score (nSPS) is 14.3. The first-order valence-electron chi connectivity index (χ1n) is 4.39. The van der Waals surface area contributed by atoms with Crippen LogP contribution in [0.1, 0.15) is 27.2 Å². The minimum absolute atomic E-state index is 0.0779. The van der Waals surface area contributed by atoms with Crippen molar-refractivity contribution in [3.8, 4) is 0 Å². The van der Waals surface area contributed by atoms with Crippen molar-refractivity contribution < 1.29 is 19.8 Å². The molecule has 1 atom stereocenters. The molecule has 80 valence electrons. The molecule has 0 spiro atoms. The van der Waals surface area contributed by atoms with Gasteiger partial charge in [0.15, 0.2) is 5.78 Å². The van der Waals surface area contributed by atoms with Crippen LogP contribution in [-0.2, 0) is 9.59 Å². The van der Waals surface area contributed by atoms with E-state index in [1.165, 1.54) is 26.0 Å². The molecule has 14 heavy (non-hydrogen) atoms. The Bertz CT molecular complexity index is 253. The average Bonchev–Trinajstić information content (AvgIpc) is 2.03. The van der Waals surface area contributed by atoms with E-state index in [2.05, 4.69) is 0 Å². The Hall–Kier alpha value is -1.16. The second-order valence-electron chi connectivity index (χ2n) is 3.81. The van der Waals surface area contributed by atoms with Gasteiger partial charge in [-0.1, -0.05) is 6.08 Å². The Labute approximate surface area is 83.2 Å².